The van der Waals surface area contributed by atoms with Crippen molar-refractivity contribution in [1.82, 2.24) is 10.2 Å². The molecule has 1 fully saturated rings. The molecule has 1 atom stereocenters. The second kappa shape index (κ2) is 15.6. The first-order valence-electron chi connectivity index (χ1n) is 15.4. The van der Waals surface area contributed by atoms with Gasteiger partial charge in [0.05, 0.1) is 10.6 Å². The lowest BCUT2D eigenvalue weighted by atomic mass is 9.94. The predicted molar refractivity (Wildman–Crippen MR) is 183 cm³/mol. The quantitative estimate of drug-likeness (QED) is 0.171. The molecular weight excluding hydrogens is 641 g/mol. The molecule has 1 N–H and O–H groups in total. The number of sulfonamides is 1. The van der Waals surface area contributed by atoms with Crippen LogP contribution in [0.2, 0.25) is 10.0 Å². The van der Waals surface area contributed by atoms with Gasteiger partial charge in [0.2, 0.25) is 11.8 Å². The zero-order valence-corrected chi connectivity index (χ0v) is 27.7. The third kappa shape index (κ3) is 8.69. The van der Waals surface area contributed by atoms with E-state index in [4.69, 9.17) is 23.2 Å². The van der Waals surface area contributed by atoms with E-state index in [2.05, 4.69) is 5.32 Å². The molecular formula is C36H37Cl2N3O4S. The van der Waals surface area contributed by atoms with Gasteiger partial charge >= 0.3 is 0 Å². The first-order chi connectivity index (χ1) is 22.2. The first-order valence-corrected chi connectivity index (χ1v) is 17.6. The average Bonchev–Trinajstić information content (AvgIpc) is 3.07. The van der Waals surface area contributed by atoms with Gasteiger partial charge in [-0.05, 0) is 72.5 Å². The van der Waals surface area contributed by atoms with Gasteiger partial charge in [-0.3, -0.25) is 13.9 Å². The number of hydrogen-bond donors (Lipinski definition) is 1. The summed E-state index contributed by atoms with van der Waals surface area (Å²) >= 11 is 12.5. The zero-order valence-electron chi connectivity index (χ0n) is 25.4. The van der Waals surface area contributed by atoms with Crippen molar-refractivity contribution in [3.63, 3.8) is 0 Å². The minimum atomic E-state index is -4.18. The van der Waals surface area contributed by atoms with Gasteiger partial charge in [0.25, 0.3) is 10.0 Å². The number of rotatable bonds is 12. The van der Waals surface area contributed by atoms with E-state index in [1.807, 2.05) is 36.4 Å². The third-order valence-corrected chi connectivity index (χ3v) is 10.5. The van der Waals surface area contributed by atoms with E-state index in [9.17, 15) is 18.0 Å². The molecule has 5 rings (SSSR count). The van der Waals surface area contributed by atoms with Crippen molar-refractivity contribution in [3.8, 4) is 0 Å². The second-order valence-electron chi connectivity index (χ2n) is 11.5. The van der Waals surface area contributed by atoms with Crippen LogP contribution in [0.4, 0.5) is 5.69 Å². The smallest absolute Gasteiger partial charge is 0.264 e. The molecule has 4 aromatic rings. The Morgan fingerprint density at radius 2 is 1.39 bits per heavy atom. The maximum Gasteiger partial charge on any atom is 0.264 e. The standard InChI is InChI=1S/C36H37Cl2N3O4S/c37-29-19-21-32(22-20-29)41(46(44,45)33-17-8-3-9-18-33)26-35(42)40(25-28-13-10-14-30(38)23-28)34(24-27-11-4-1-5-12-27)36(43)39-31-15-6-2-7-16-31/h1,3-5,8-14,17-23,31,34H,2,6-7,15-16,24-26H2,(H,39,43)/t34-/m1/s1. The summed E-state index contributed by atoms with van der Waals surface area (Å²) in [6.45, 7) is -0.490. The summed E-state index contributed by atoms with van der Waals surface area (Å²) in [5.41, 5.74) is 1.87. The number of nitrogens with zero attached hydrogens (tertiary/aromatic N) is 2. The van der Waals surface area contributed by atoms with Crippen molar-refractivity contribution >= 4 is 50.7 Å². The molecule has 0 aliphatic heterocycles. The fourth-order valence-electron chi connectivity index (χ4n) is 5.79. The van der Waals surface area contributed by atoms with Gasteiger partial charge in [-0.25, -0.2) is 8.42 Å². The lowest BCUT2D eigenvalue weighted by Crippen LogP contribution is -2.55. The fraction of sp³-hybridized carbons (Fsp3) is 0.278. The summed E-state index contributed by atoms with van der Waals surface area (Å²) in [7, 11) is -4.18. The Labute approximate surface area is 281 Å². The van der Waals surface area contributed by atoms with E-state index in [0.717, 1.165) is 42.0 Å². The number of nitrogens with one attached hydrogen (secondary N) is 1. The highest BCUT2D eigenvalue weighted by molar-refractivity contribution is 7.92. The van der Waals surface area contributed by atoms with Gasteiger partial charge in [0.1, 0.15) is 12.6 Å². The van der Waals surface area contributed by atoms with Crippen molar-refractivity contribution in [2.24, 2.45) is 0 Å². The van der Waals surface area contributed by atoms with Gasteiger partial charge in [0.15, 0.2) is 0 Å². The van der Waals surface area contributed by atoms with Crippen molar-refractivity contribution in [3.05, 3.63) is 130 Å². The van der Waals surface area contributed by atoms with Crippen molar-refractivity contribution < 1.29 is 18.0 Å². The number of carbonyl (C=O) groups is 2. The zero-order chi connectivity index (χ0) is 32.5. The number of carbonyl (C=O) groups excluding carboxylic acids is 2. The summed E-state index contributed by atoms with van der Waals surface area (Å²) < 4.78 is 29.2. The van der Waals surface area contributed by atoms with E-state index >= 15 is 0 Å². The van der Waals surface area contributed by atoms with E-state index in [-0.39, 0.29) is 35.5 Å². The van der Waals surface area contributed by atoms with E-state index in [1.165, 1.54) is 17.0 Å². The van der Waals surface area contributed by atoms with Crippen LogP contribution >= 0.6 is 23.2 Å². The first kappa shape index (κ1) is 33.5. The number of amides is 2. The van der Waals surface area contributed by atoms with E-state index in [1.54, 1.807) is 60.7 Å². The summed E-state index contributed by atoms with van der Waals surface area (Å²) in [6, 6.07) is 30.0. The number of anilines is 1. The Morgan fingerprint density at radius 3 is 2.04 bits per heavy atom. The maximum absolute atomic E-state index is 14.6. The van der Waals surface area contributed by atoms with Gasteiger partial charge in [-0.15, -0.1) is 0 Å². The van der Waals surface area contributed by atoms with Crippen LogP contribution in [0.5, 0.6) is 0 Å². The van der Waals surface area contributed by atoms with Crippen LogP contribution < -0.4 is 9.62 Å². The van der Waals surface area contributed by atoms with E-state index < -0.39 is 28.5 Å². The Bertz CT molecular complexity index is 1720. The molecule has 7 nitrogen and oxygen atoms in total. The van der Waals surface area contributed by atoms with Crippen LogP contribution in [0.25, 0.3) is 0 Å². The molecule has 0 saturated heterocycles. The molecule has 10 heteroatoms. The predicted octanol–water partition coefficient (Wildman–Crippen LogP) is 7.28. The summed E-state index contributed by atoms with van der Waals surface area (Å²) in [4.78, 5) is 30.2. The summed E-state index contributed by atoms with van der Waals surface area (Å²) in [6.07, 6.45) is 5.21. The highest BCUT2D eigenvalue weighted by Gasteiger charge is 2.35. The normalized spacial score (nSPS) is 14.3. The molecule has 0 bridgehead atoms. The molecule has 2 amide bonds. The molecule has 0 heterocycles. The summed E-state index contributed by atoms with van der Waals surface area (Å²) in [5.74, 6) is -0.802. The van der Waals surface area contributed by atoms with Crippen LogP contribution in [0.3, 0.4) is 0 Å². The number of halogens is 2. The molecule has 0 radical (unpaired) electrons. The summed E-state index contributed by atoms with van der Waals surface area (Å²) in [5, 5.41) is 4.13. The molecule has 1 aliphatic carbocycles. The van der Waals surface area contributed by atoms with Crippen molar-refractivity contribution in [2.75, 3.05) is 10.8 Å². The Morgan fingerprint density at radius 1 is 0.761 bits per heavy atom. The largest absolute Gasteiger partial charge is 0.352 e. The van der Waals surface area contributed by atoms with Crippen molar-refractivity contribution in [2.45, 2.75) is 62.0 Å². The molecule has 46 heavy (non-hydrogen) atoms. The monoisotopic (exact) mass is 677 g/mol. The molecule has 0 aromatic heterocycles. The fourth-order valence-corrected chi connectivity index (χ4v) is 7.56. The maximum atomic E-state index is 14.6. The average molecular weight is 679 g/mol. The number of benzene rings is 4. The lowest BCUT2D eigenvalue weighted by molar-refractivity contribution is -0.140. The second-order valence-corrected chi connectivity index (χ2v) is 14.2. The Balaban J connectivity index is 1.55. The lowest BCUT2D eigenvalue weighted by Gasteiger charge is -2.35. The van der Waals surface area contributed by atoms with Gasteiger partial charge in [0, 0.05) is 29.1 Å². The molecule has 1 aliphatic rings. The van der Waals surface area contributed by atoms with Gasteiger partial charge in [-0.2, -0.15) is 0 Å². The van der Waals surface area contributed by atoms with Crippen molar-refractivity contribution in [1.29, 1.82) is 0 Å². The molecule has 1 saturated carbocycles. The molecule has 0 spiro atoms. The van der Waals surface area contributed by atoms with Crippen LogP contribution in [-0.2, 0) is 32.6 Å². The highest BCUT2D eigenvalue weighted by Crippen LogP contribution is 2.27. The van der Waals surface area contributed by atoms with Gasteiger partial charge in [-0.1, -0.05) is 103 Å². The molecule has 0 unspecified atom stereocenters. The molecule has 240 valence electrons. The minimum Gasteiger partial charge on any atom is -0.352 e. The minimum absolute atomic E-state index is 0.0201. The number of hydrogen-bond acceptors (Lipinski definition) is 4. The topological polar surface area (TPSA) is 86.8 Å². The Kier molecular flexibility index (Phi) is 11.4. The van der Waals surface area contributed by atoms with Gasteiger partial charge < -0.3 is 10.2 Å². The third-order valence-electron chi connectivity index (χ3n) is 8.19. The van der Waals surface area contributed by atoms with Crippen LogP contribution in [0, 0.1) is 0 Å². The Hall–Kier alpha value is -3.85. The van der Waals surface area contributed by atoms with Crippen LogP contribution in [0.15, 0.2) is 114 Å². The van der Waals surface area contributed by atoms with E-state index in [0.29, 0.717) is 15.6 Å². The SMILES string of the molecule is O=C(NC1CCCCC1)[C@@H](Cc1ccccc1)N(Cc1cccc(Cl)c1)C(=O)CN(c1ccc(Cl)cc1)S(=O)(=O)c1ccccc1. The highest BCUT2D eigenvalue weighted by atomic mass is 35.5. The molecule has 4 aromatic carbocycles. The van der Waals surface area contributed by atoms with Crippen LogP contribution in [0.1, 0.15) is 43.2 Å². The van der Waals surface area contributed by atoms with Crippen LogP contribution in [-0.4, -0.2) is 43.8 Å².